The number of hydrogen-bond acceptors (Lipinski definition) is 5. The van der Waals surface area contributed by atoms with E-state index in [9.17, 15) is 4.79 Å². The van der Waals surface area contributed by atoms with Crippen molar-refractivity contribution >= 4 is 22.6 Å². The van der Waals surface area contributed by atoms with Gasteiger partial charge in [0.25, 0.3) is 0 Å². The molecule has 0 saturated carbocycles. The summed E-state index contributed by atoms with van der Waals surface area (Å²) in [6.07, 6.45) is 1.50. The smallest absolute Gasteiger partial charge is 0.410 e. The van der Waals surface area contributed by atoms with Crippen molar-refractivity contribution in [2.45, 2.75) is 52.2 Å². The number of rotatable bonds is 6. The average molecular weight is 413 g/mol. The maximum atomic E-state index is 12.1. The number of hydrogen-bond donors (Lipinski definition) is 0. The molecule has 0 atom stereocenters. The number of oxime groups is 1. The first-order chi connectivity index (χ1) is 14.3. The minimum Gasteiger partial charge on any atom is -0.444 e. The Morgan fingerprint density at radius 3 is 2.47 bits per heavy atom. The van der Waals surface area contributed by atoms with Crippen LogP contribution in [0.1, 0.15) is 46.1 Å². The fourth-order valence-corrected chi connectivity index (χ4v) is 3.39. The molecule has 2 aromatic rings. The molecule has 1 heterocycles. The van der Waals surface area contributed by atoms with Gasteiger partial charge in [0.1, 0.15) is 12.2 Å². The number of likely N-dealkylation sites (tertiary alicyclic amines) is 1. The summed E-state index contributed by atoms with van der Waals surface area (Å²) in [7, 11) is 0. The normalized spacial score (nSPS) is 16.0. The van der Waals surface area contributed by atoms with Crippen molar-refractivity contribution in [1.29, 1.82) is 0 Å². The summed E-state index contributed by atoms with van der Waals surface area (Å²) in [4.78, 5) is 19.3. The van der Waals surface area contributed by atoms with Crippen molar-refractivity contribution in [3.63, 3.8) is 0 Å². The molecule has 1 amide bonds. The van der Waals surface area contributed by atoms with Gasteiger partial charge in [0.05, 0.1) is 18.4 Å². The molecule has 0 radical (unpaired) electrons. The molecule has 0 spiro atoms. The van der Waals surface area contributed by atoms with E-state index in [2.05, 4.69) is 35.5 Å². The van der Waals surface area contributed by atoms with Crippen molar-refractivity contribution in [2.75, 3.05) is 26.3 Å². The Labute approximate surface area is 178 Å². The quantitative estimate of drug-likeness (QED) is 0.381. The Morgan fingerprint density at radius 1 is 1.07 bits per heavy atom. The van der Waals surface area contributed by atoms with E-state index in [1.807, 2.05) is 39.8 Å². The summed E-state index contributed by atoms with van der Waals surface area (Å²) in [5.41, 5.74) is 1.42. The fraction of sp³-hybridized carbons (Fsp3) is 0.500. The molecule has 30 heavy (non-hydrogen) atoms. The monoisotopic (exact) mass is 412 g/mol. The first-order valence-corrected chi connectivity index (χ1v) is 10.6. The summed E-state index contributed by atoms with van der Waals surface area (Å²) in [6, 6.07) is 14.5. The molecule has 0 N–H and O–H groups in total. The Hall–Kier alpha value is -2.60. The minimum absolute atomic E-state index is 0.137. The van der Waals surface area contributed by atoms with Crippen LogP contribution < -0.4 is 0 Å². The third kappa shape index (κ3) is 6.46. The lowest BCUT2D eigenvalue weighted by atomic mass is 10.0. The molecule has 0 unspecified atom stereocenters. The van der Waals surface area contributed by atoms with E-state index < -0.39 is 5.60 Å². The molecule has 6 heteroatoms. The molecule has 2 aromatic carbocycles. The minimum atomic E-state index is -0.465. The summed E-state index contributed by atoms with van der Waals surface area (Å²) < 4.78 is 11.3. The Bertz CT molecular complexity index is 880. The largest absolute Gasteiger partial charge is 0.444 e. The number of carbonyl (C=O) groups is 1. The van der Waals surface area contributed by atoms with Gasteiger partial charge >= 0.3 is 6.09 Å². The third-order valence-electron chi connectivity index (χ3n) is 4.99. The molecule has 162 valence electrons. The number of benzene rings is 2. The lowest BCUT2D eigenvalue weighted by Gasteiger charge is -2.33. The second kappa shape index (κ2) is 9.94. The van der Waals surface area contributed by atoms with Gasteiger partial charge in [0, 0.05) is 13.1 Å². The standard InChI is InChI=1S/C24H32N2O4/c1-18(20-10-9-19-7-5-6-8-21(19)17-20)25-29-16-15-28-22-11-13-26(14-12-22)23(27)30-24(2,3)4/h5-10,17,22H,11-16H2,1-4H3/b25-18-. The van der Waals surface area contributed by atoms with Gasteiger partial charge < -0.3 is 19.2 Å². The molecular weight excluding hydrogens is 380 g/mol. The van der Waals surface area contributed by atoms with Crippen LogP contribution in [0.4, 0.5) is 4.79 Å². The predicted molar refractivity (Wildman–Crippen MR) is 119 cm³/mol. The van der Waals surface area contributed by atoms with E-state index in [1.165, 1.54) is 10.8 Å². The SMILES string of the molecule is C/C(=N/OCCOC1CCN(C(=O)OC(C)(C)C)CC1)c1ccc2ccccc2c1. The Balaban J connectivity index is 1.36. The lowest BCUT2D eigenvalue weighted by Crippen LogP contribution is -2.43. The molecule has 0 bridgehead atoms. The van der Waals surface area contributed by atoms with Crippen LogP contribution in [0.15, 0.2) is 47.6 Å². The van der Waals surface area contributed by atoms with Crippen LogP contribution in [0.25, 0.3) is 10.8 Å². The van der Waals surface area contributed by atoms with Crippen LogP contribution in [-0.2, 0) is 14.3 Å². The van der Waals surface area contributed by atoms with Crippen LogP contribution in [0.3, 0.4) is 0 Å². The number of nitrogens with zero attached hydrogens (tertiary/aromatic N) is 2. The van der Waals surface area contributed by atoms with Crippen molar-refractivity contribution in [1.82, 2.24) is 4.90 Å². The highest BCUT2D eigenvalue weighted by atomic mass is 16.6. The van der Waals surface area contributed by atoms with Crippen molar-refractivity contribution in [3.05, 3.63) is 48.0 Å². The topological polar surface area (TPSA) is 60.4 Å². The maximum Gasteiger partial charge on any atom is 0.410 e. The maximum absolute atomic E-state index is 12.1. The van der Waals surface area contributed by atoms with Crippen LogP contribution >= 0.6 is 0 Å². The van der Waals surface area contributed by atoms with Crippen molar-refractivity contribution in [2.24, 2.45) is 5.16 Å². The summed E-state index contributed by atoms with van der Waals surface area (Å²) in [6.45, 7) is 9.76. The van der Waals surface area contributed by atoms with Gasteiger partial charge in [-0.2, -0.15) is 0 Å². The van der Waals surface area contributed by atoms with Gasteiger partial charge in [-0.15, -0.1) is 0 Å². The van der Waals surface area contributed by atoms with E-state index in [4.69, 9.17) is 14.3 Å². The van der Waals surface area contributed by atoms with E-state index in [0.717, 1.165) is 24.1 Å². The first-order valence-electron chi connectivity index (χ1n) is 10.6. The Morgan fingerprint density at radius 2 is 1.77 bits per heavy atom. The number of ether oxygens (including phenoxy) is 2. The highest BCUT2D eigenvalue weighted by molar-refractivity contribution is 6.01. The molecule has 1 aliphatic heterocycles. The molecule has 0 aromatic heterocycles. The summed E-state index contributed by atoms with van der Waals surface area (Å²) in [5.74, 6) is 0. The number of fused-ring (bicyclic) bond motifs is 1. The molecule has 1 saturated heterocycles. The number of piperidine rings is 1. The fourth-order valence-electron chi connectivity index (χ4n) is 3.39. The van der Waals surface area contributed by atoms with Crippen LogP contribution in [-0.4, -0.2) is 54.7 Å². The summed E-state index contributed by atoms with van der Waals surface area (Å²) >= 11 is 0. The summed E-state index contributed by atoms with van der Waals surface area (Å²) in [5, 5.41) is 6.62. The highest BCUT2D eigenvalue weighted by Crippen LogP contribution is 2.18. The lowest BCUT2D eigenvalue weighted by molar-refractivity contribution is -0.0287. The molecular formula is C24H32N2O4. The van der Waals surface area contributed by atoms with Gasteiger partial charge in [-0.25, -0.2) is 4.79 Å². The van der Waals surface area contributed by atoms with E-state index in [0.29, 0.717) is 26.3 Å². The van der Waals surface area contributed by atoms with Crippen molar-refractivity contribution < 1.29 is 19.1 Å². The molecule has 3 rings (SSSR count). The van der Waals surface area contributed by atoms with Gasteiger partial charge in [-0.1, -0.05) is 41.6 Å². The van der Waals surface area contributed by atoms with Gasteiger partial charge in [0.2, 0.25) is 0 Å². The first kappa shape index (κ1) is 22.1. The average Bonchev–Trinajstić information content (AvgIpc) is 2.72. The van der Waals surface area contributed by atoms with Crippen LogP contribution in [0.5, 0.6) is 0 Å². The zero-order valence-corrected chi connectivity index (χ0v) is 18.4. The van der Waals surface area contributed by atoms with Gasteiger partial charge in [0.15, 0.2) is 0 Å². The molecule has 6 nitrogen and oxygen atoms in total. The number of amides is 1. The molecule has 1 aliphatic rings. The Kier molecular flexibility index (Phi) is 7.32. The third-order valence-corrected chi connectivity index (χ3v) is 4.99. The predicted octanol–water partition coefficient (Wildman–Crippen LogP) is 5.00. The van der Waals surface area contributed by atoms with E-state index >= 15 is 0 Å². The van der Waals surface area contributed by atoms with Crippen LogP contribution in [0.2, 0.25) is 0 Å². The second-order valence-electron chi connectivity index (χ2n) is 8.61. The van der Waals surface area contributed by atoms with E-state index in [-0.39, 0.29) is 12.2 Å². The zero-order chi connectivity index (χ0) is 21.6. The molecule has 0 aliphatic carbocycles. The zero-order valence-electron chi connectivity index (χ0n) is 18.4. The number of carbonyl (C=O) groups excluding carboxylic acids is 1. The second-order valence-corrected chi connectivity index (χ2v) is 8.61. The van der Waals surface area contributed by atoms with Crippen LogP contribution in [0, 0.1) is 0 Å². The van der Waals surface area contributed by atoms with E-state index in [1.54, 1.807) is 4.90 Å². The highest BCUT2D eigenvalue weighted by Gasteiger charge is 2.27. The molecule has 1 fully saturated rings. The van der Waals surface area contributed by atoms with Gasteiger partial charge in [-0.05, 0) is 62.9 Å². The van der Waals surface area contributed by atoms with Crippen molar-refractivity contribution in [3.8, 4) is 0 Å². The van der Waals surface area contributed by atoms with Gasteiger partial charge in [-0.3, -0.25) is 0 Å².